The van der Waals surface area contributed by atoms with E-state index < -0.39 is 11.7 Å². The van der Waals surface area contributed by atoms with Gasteiger partial charge in [-0.05, 0) is 38.3 Å². The Labute approximate surface area is 160 Å². The number of carbonyl (C=O) groups excluding carboxylic acids is 1. The number of benzene rings is 1. The molecule has 1 amide bonds. The first kappa shape index (κ1) is 18.6. The number of aromatic nitrogens is 2. The first-order valence-corrected chi connectivity index (χ1v) is 9.17. The van der Waals surface area contributed by atoms with Crippen molar-refractivity contribution >= 4 is 50.8 Å². The van der Waals surface area contributed by atoms with E-state index in [-0.39, 0.29) is 6.61 Å². The lowest BCUT2D eigenvalue weighted by Crippen LogP contribution is -2.35. The van der Waals surface area contributed by atoms with Crippen LogP contribution in [0.15, 0.2) is 36.0 Å². The molecule has 0 aliphatic carbocycles. The summed E-state index contributed by atoms with van der Waals surface area (Å²) in [6.45, 7) is 5.06. The molecule has 136 valence electrons. The van der Waals surface area contributed by atoms with E-state index in [4.69, 9.17) is 16.3 Å². The predicted molar refractivity (Wildman–Crippen MR) is 103 cm³/mol. The van der Waals surface area contributed by atoms with Gasteiger partial charge in [0.05, 0.1) is 27.5 Å². The summed E-state index contributed by atoms with van der Waals surface area (Å²) in [5.41, 5.74) is 0.842. The van der Waals surface area contributed by atoms with E-state index >= 15 is 0 Å². The van der Waals surface area contributed by atoms with E-state index in [9.17, 15) is 9.90 Å². The molecular weight excluding hydrogens is 374 g/mol. The summed E-state index contributed by atoms with van der Waals surface area (Å²) in [5, 5.41) is 11.9. The van der Waals surface area contributed by atoms with Gasteiger partial charge in [-0.25, -0.2) is 19.7 Å². The topological polar surface area (TPSA) is 75.5 Å². The second-order valence-electron chi connectivity index (χ2n) is 6.55. The number of hydrogen-bond acceptors (Lipinski definition) is 6. The number of carbonyl (C=O) groups is 1. The van der Waals surface area contributed by atoms with E-state index in [1.807, 2.05) is 11.4 Å². The number of fused-ring (bicyclic) bond motifs is 1. The average Bonchev–Trinajstić information content (AvgIpc) is 3.04. The normalized spacial score (nSPS) is 11.6. The van der Waals surface area contributed by atoms with Crippen LogP contribution in [-0.2, 0) is 11.3 Å². The third-order valence-corrected chi connectivity index (χ3v) is 4.68. The SMILES string of the molecule is CC(C)(C)OC(=O)N(c1c(Cl)cccc1CO)c1ncnc2ccsc12. The second-order valence-corrected chi connectivity index (χ2v) is 7.88. The quantitative estimate of drug-likeness (QED) is 0.686. The molecule has 0 aliphatic rings. The minimum absolute atomic E-state index is 0.284. The van der Waals surface area contributed by atoms with Gasteiger partial charge in [0, 0.05) is 5.56 Å². The monoisotopic (exact) mass is 391 g/mol. The number of nitrogens with zero attached hydrogens (tertiary/aromatic N) is 3. The van der Waals surface area contributed by atoms with E-state index in [0.29, 0.717) is 27.6 Å². The van der Waals surface area contributed by atoms with Crippen LogP contribution in [0, 0.1) is 0 Å². The number of amides is 1. The van der Waals surface area contributed by atoms with Crippen LogP contribution in [0.25, 0.3) is 10.2 Å². The number of para-hydroxylation sites is 1. The van der Waals surface area contributed by atoms with E-state index in [1.165, 1.54) is 22.6 Å². The highest BCUT2D eigenvalue weighted by atomic mass is 35.5. The molecule has 6 nitrogen and oxygen atoms in total. The number of aliphatic hydroxyl groups is 1. The van der Waals surface area contributed by atoms with Crippen molar-refractivity contribution in [1.29, 1.82) is 0 Å². The van der Waals surface area contributed by atoms with Gasteiger partial charge in [-0.3, -0.25) is 0 Å². The van der Waals surface area contributed by atoms with Crippen LogP contribution in [0.4, 0.5) is 16.3 Å². The van der Waals surface area contributed by atoms with Gasteiger partial charge in [-0.1, -0.05) is 23.7 Å². The third kappa shape index (κ3) is 3.65. The highest BCUT2D eigenvalue weighted by molar-refractivity contribution is 7.17. The van der Waals surface area contributed by atoms with Crippen LogP contribution in [-0.4, -0.2) is 26.8 Å². The zero-order valence-electron chi connectivity index (χ0n) is 14.6. The Hall–Kier alpha value is -2.22. The lowest BCUT2D eigenvalue weighted by atomic mass is 10.1. The van der Waals surface area contributed by atoms with E-state index in [2.05, 4.69) is 9.97 Å². The lowest BCUT2D eigenvalue weighted by Gasteiger charge is -2.28. The van der Waals surface area contributed by atoms with Crippen molar-refractivity contribution in [3.63, 3.8) is 0 Å². The fourth-order valence-corrected chi connectivity index (χ4v) is 3.57. The molecule has 0 spiro atoms. The third-order valence-electron chi connectivity index (χ3n) is 3.48. The molecule has 3 aromatic rings. The molecule has 26 heavy (non-hydrogen) atoms. The Bertz CT molecular complexity index is 952. The van der Waals surface area contributed by atoms with Crippen molar-refractivity contribution in [1.82, 2.24) is 9.97 Å². The number of hydrogen-bond donors (Lipinski definition) is 1. The lowest BCUT2D eigenvalue weighted by molar-refractivity contribution is 0.0598. The molecule has 2 heterocycles. The summed E-state index contributed by atoms with van der Waals surface area (Å²) in [5.74, 6) is 0.363. The van der Waals surface area contributed by atoms with Crippen LogP contribution in [0.3, 0.4) is 0 Å². The summed E-state index contributed by atoms with van der Waals surface area (Å²) in [6, 6.07) is 6.91. The Morgan fingerprint density at radius 2 is 2.08 bits per heavy atom. The largest absolute Gasteiger partial charge is 0.443 e. The van der Waals surface area contributed by atoms with Crippen LogP contribution in [0.2, 0.25) is 5.02 Å². The Kier molecular flexibility index (Phi) is 5.13. The molecule has 8 heteroatoms. The van der Waals surface area contributed by atoms with E-state index in [1.54, 1.807) is 39.0 Å². The Morgan fingerprint density at radius 1 is 1.31 bits per heavy atom. The number of anilines is 2. The molecule has 0 radical (unpaired) electrons. The molecule has 0 unspecified atom stereocenters. The van der Waals surface area contributed by atoms with Crippen molar-refractivity contribution < 1.29 is 14.6 Å². The molecule has 3 rings (SSSR count). The number of halogens is 1. The predicted octanol–water partition coefficient (Wildman–Crippen LogP) is 4.91. The van der Waals surface area contributed by atoms with Gasteiger partial charge < -0.3 is 9.84 Å². The molecule has 2 aromatic heterocycles. The van der Waals surface area contributed by atoms with Gasteiger partial charge in [0.15, 0.2) is 5.82 Å². The summed E-state index contributed by atoms with van der Waals surface area (Å²) >= 11 is 7.80. The van der Waals surface area contributed by atoms with Crippen LogP contribution in [0.5, 0.6) is 0 Å². The molecule has 0 atom stereocenters. The number of rotatable bonds is 3. The molecule has 0 fully saturated rings. The Morgan fingerprint density at radius 3 is 2.77 bits per heavy atom. The second kappa shape index (κ2) is 7.19. The van der Waals surface area contributed by atoms with Gasteiger partial charge in [-0.15, -0.1) is 11.3 Å². The molecule has 1 N–H and O–H groups in total. The maximum absolute atomic E-state index is 13.1. The zero-order valence-corrected chi connectivity index (χ0v) is 16.1. The molecular formula is C18H18ClN3O3S. The van der Waals surface area contributed by atoms with Gasteiger partial charge >= 0.3 is 6.09 Å². The Balaban J connectivity index is 2.24. The fourth-order valence-electron chi connectivity index (χ4n) is 2.46. The minimum Gasteiger partial charge on any atom is -0.443 e. The first-order valence-electron chi connectivity index (χ1n) is 7.91. The summed E-state index contributed by atoms with van der Waals surface area (Å²) in [6.07, 6.45) is 0.755. The molecule has 0 saturated carbocycles. The van der Waals surface area contributed by atoms with Crippen molar-refractivity contribution in [3.05, 3.63) is 46.6 Å². The highest BCUT2D eigenvalue weighted by Crippen LogP contribution is 2.39. The first-order chi connectivity index (χ1) is 12.3. The maximum Gasteiger partial charge on any atom is 0.420 e. The standard InChI is InChI=1S/C18H18ClN3O3S/c1-18(2,3)25-17(24)22(14-11(9-23)5-4-6-12(14)19)16-15-13(7-8-26-15)20-10-21-16/h4-8,10,23H,9H2,1-3H3. The smallest absolute Gasteiger partial charge is 0.420 e. The highest BCUT2D eigenvalue weighted by Gasteiger charge is 2.30. The summed E-state index contributed by atoms with van der Waals surface area (Å²) in [7, 11) is 0. The average molecular weight is 392 g/mol. The van der Waals surface area contributed by atoms with Crippen LogP contribution >= 0.6 is 22.9 Å². The molecule has 0 saturated heterocycles. The van der Waals surface area contributed by atoms with Gasteiger partial charge in [0.1, 0.15) is 11.9 Å². The number of thiophene rings is 1. The number of aliphatic hydroxyl groups excluding tert-OH is 1. The van der Waals surface area contributed by atoms with Gasteiger partial charge in [0.2, 0.25) is 0 Å². The van der Waals surface area contributed by atoms with Crippen molar-refractivity contribution in [2.45, 2.75) is 33.0 Å². The van der Waals surface area contributed by atoms with Crippen molar-refractivity contribution in [2.24, 2.45) is 0 Å². The maximum atomic E-state index is 13.1. The zero-order chi connectivity index (χ0) is 18.9. The van der Waals surface area contributed by atoms with E-state index in [0.717, 1.165) is 4.70 Å². The van der Waals surface area contributed by atoms with Gasteiger partial charge in [-0.2, -0.15) is 0 Å². The minimum atomic E-state index is -0.711. The van der Waals surface area contributed by atoms with Crippen LogP contribution in [0.1, 0.15) is 26.3 Å². The van der Waals surface area contributed by atoms with Gasteiger partial charge in [0.25, 0.3) is 0 Å². The van der Waals surface area contributed by atoms with Crippen LogP contribution < -0.4 is 4.90 Å². The molecule has 0 aliphatic heterocycles. The van der Waals surface area contributed by atoms with Crippen molar-refractivity contribution in [3.8, 4) is 0 Å². The van der Waals surface area contributed by atoms with Crippen molar-refractivity contribution in [2.75, 3.05) is 4.90 Å². The molecule has 0 bridgehead atoms. The molecule has 1 aromatic carbocycles. The summed E-state index contributed by atoms with van der Waals surface area (Å²) in [4.78, 5) is 22.9. The summed E-state index contributed by atoms with van der Waals surface area (Å²) < 4.78 is 6.30. The number of ether oxygens (including phenoxy) is 1. The fraction of sp³-hybridized carbons (Fsp3) is 0.278.